The van der Waals surface area contributed by atoms with Crippen molar-refractivity contribution >= 4 is 29.3 Å². The normalized spacial score (nSPS) is 14.0. The Hall–Kier alpha value is -4.06. The molecule has 0 unspecified atom stereocenters. The molecule has 1 aliphatic heterocycles. The molecule has 1 aliphatic rings. The van der Waals surface area contributed by atoms with E-state index in [-0.39, 0.29) is 11.8 Å². The molecule has 1 N–H and O–H groups in total. The molecule has 2 aromatic heterocycles. The third kappa shape index (κ3) is 5.55. The Bertz CT molecular complexity index is 1120. The molecule has 4 rings (SSSR count). The molecular formula is C26H24N4O2. The largest absolute Gasteiger partial charge is 0.339 e. The van der Waals surface area contributed by atoms with Gasteiger partial charge in [0.1, 0.15) is 5.82 Å². The van der Waals surface area contributed by atoms with Crippen LogP contribution in [0.2, 0.25) is 0 Å². The molecule has 6 heteroatoms. The Morgan fingerprint density at radius 1 is 0.969 bits per heavy atom. The fourth-order valence-electron chi connectivity index (χ4n) is 3.54. The monoisotopic (exact) mass is 424 g/mol. The summed E-state index contributed by atoms with van der Waals surface area (Å²) in [6.07, 6.45) is 12.0. The van der Waals surface area contributed by atoms with E-state index in [0.29, 0.717) is 24.5 Å². The molecule has 1 aromatic carbocycles. The maximum Gasteiger partial charge on any atom is 0.256 e. The number of hydrogen-bond acceptors (Lipinski definition) is 4. The van der Waals surface area contributed by atoms with Gasteiger partial charge in [0.25, 0.3) is 5.91 Å². The SMILES string of the molecule is O=C(Nc1ccc(C=CC(=O)N2CCC=C(c3ccccc3)CC2)cn1)c1ccncc1. The molecule has 0 radical (unpaired) electrons. The second kappa shape index (κ2) is 10.3. The molecule has 6 nitrogen and oxygen atoms in total. The quantitative estimate of drug-likeness (QED) is 0.614. The fourth-order valence-corrected chi connectivity index (χ4v) is 3.54. The van der Waals surface area contributed by atoms with E-state index in [9.17, 15) is 9.59 Å². The van der Waals surface area contributed by atoms with Gasteiger partial charge in [-0.2, -0.15) is 0 Å². The van der Waals surface area contributed by atoms with Crippen LogP contribution in [0.5, 0.6) is 0 Å². The number of hydrogen-bond donors (Lipinski definition) is 1. The molecule has 0 aliphatic carbocycles. The summed E-state index contributed by atoms with van der Waals surface area (Å²) in [6.45, 7) is 1.40. The summed E-state index contributed by atoms with van der Waals surface area (Å²) in [4.78, 5) is 34.9. The predicted octanol–water partition coefficient (Wildman–Crippen LogP) is 4.45. The Morgan fingerprint density at radius 3 is 2.53 bits per heavy atom. The number of aromatic nitrogens is 2. The highest BCUT2D eigenvalue weighted by atomic mass is 16.2. The molecule has 32 heavy (non-hydrogen) atoms. The first-order valence-corrected chi connectivity index (χ1v) is 10.6. The highest BCUT2D eigenvalue weighted by molar-refractivity contribution is 6.03. The van der Waals surface area contributed by atoms with Crippen molar-refractivity contribution in [1.82, 2.24) is 14.9 Å². The van der Waals surface area contributed by atoms with E-state index in [2.05, 4.69) is 33.5 Å². The van der Waals surface area contributed by atoms with Crippen LogP contribution in [-0.2, 0) is 4.79 Å². The van der Waals surface area contributed by atoms with Crippen molar-refractivity contribution in [2.45, 2.75) is 12.8 Å². The first-order chi connectivity index (χ1) is 15.7. The topological polar surface area (TPSA) is 75.2 Å². The number of carbonyl (C=O) groups excluding carboxylic acids is 2. The second-order valence-electron chi connectivity index (χ2n) is 7.46. The predicted molar refractivity (Wildman–Crippen MR) is 126 cm³/mol. The minimum Gasteiger partial charge on any atom is -0.339 e. The van der Waals surface area contributed by atoms with Crippen molar-refractivity contribution in [3.8, 4) is 0 Å². The van der Waals surface area contributed by atoms with Gasteiger partial charge in [-0.15, -0.1) is 0 Å². The van der Waals surface area contributed by atoms with E-state index in [1.54, 1.807) is 48.9 Å². The van der Waals surface area contributed by atoms with Gasteiger partial charge in [0.2, 0.25) is 5.91 Å². The van der Waals surface area contributed by atoms with Crippen molar-refractivity contribution in [2.24, 2.45) is 0 Å². The molecule has 0 bridgehead atoms. The van der Waals surface area contributed by atoms with Crippen LogP contribution in [0.3, 0.4) is 0 Å². The standard InChI is InChI=1S/C26H24N4O2/c31-25(30-17-4-7-22(14-18-30)21-5-2-1-3-6-21)11-9-20-8-10-24(28-19-20)29-26(32)23-12-15-27-16-13-23/h1-3,5-13,15-16,19H,4,14,17-18H2,(H,28,29,32). The molecule has 160 valence electrons. The number of benzene rings is 1. The van der Waals surface area contributed by atoms with E-state index in [1.807, 2.05) is 29.2 Å². The van der Waals surface area contributed by atoms with E-state index in [1.165, 1.54) is 11.1 Å². The van der Waals surface area contributed by atoms with E-state index < -0.39 is 0 Å². The van der Waals surface area contributed by atoms with Gasteiger partial charge < -0.3 is 10.2 Å². The highest BCUT2D eigenvalue weighted by Gasteiger charge is 2.15. The molecule has 3 heterocycles. The van der Waals surface area contributed by atoms with Crippen molar-refractivity contribution in [1.29, 1.82) is 0 Å². The lowest BCUT2D eigenvalue weighted by molar-refractivity contribution is -0.125. The fraction of sp³-hybridized carbons (Fsp3) is 0.154. The van der Waals surface area contributed by atoms with Crippen molar-refractivity contribution in [3.63, 3.8) is 0 Å². The van der Waals surface area contributed by atoms with Gasteiger partial charge in [0, 0.05) is 43.3 Å². The zero-order valence-corrected chi connectivity index (χ0v) is 17.6. The number of rotatable bonds is 5. The Morgan fingerprint density at radius 2 is 1.78 bits per heavy atom. The third-order valence-corrected chi connectivity index (χ3v) is 5.29. The Kier molecular flexibility index (Phi) is 6.82. The van der Waals surface area contributed by atoms with Crippen LogP contribution in [0, 0.1) is 0 Å². The third-order valence-electron chi connectivity index (χ3n) is 5.29. The van der Waals surface area contributed by atoms with E-state index in [4.69, 9.17) is 0 Å². The molecule has 0 spiro atoms. The van der Waals surface area contributed by atoms with Crippen LogP contribution in [0.25, 0.3) is 11.6 Å². The minimum absolute atomic E-state index is 0.0113. The summed E-state index contributed by atoms with van der Waals surface area (Å²) in [5.41, 5.74) is 3.81. The maximum atomic E-state index is 12.7. The van der Waals surface area contributed by atoms with Gasteiger partial charge in [-0.05, 0) is 59.9 Å². The summed E-state index contributed by atoms with van der Waals surface area (Å²) in [5.74, 6) is 0.188. The average molecular weight is 425 g/mol. The van der Waals surface area contributed by atoms with Gasteiger partial charge >= 0.3 is 0 Å². The first-order valence-electron chi connectivity index (χ1n) is 10.6. The van der Waals surface area contributed by atoms with Crippen LogP contribution < -0.4 is 5.32 Å². The van der Waals surface area contributed by atoms with E-state index in [0.717, 1.165) is 18.4 Å². The summed E-state index contributed by atoms with van der Waals surface area (Å²) in [6, 6.07) is 17.1. The number of nitrogens with zero attached hydrogens (tertiary/aromatic N) is 3. The minimum atomic E-state index is -0.247. The highest BCUT2D eigenvalue weighted by Crippen LogP contribution is 2.22. The lowest BCUT2D eigenvalue weighted by Gasteiger charge is -2.18. The zero-order chi connectivity index (χ0) is 22.2. The van der Waals surface area contributed by atoms with Gasteiger partial charge in [-0.3, -0.25) is 14.6 Å². The molecule has 2 amide bonds. The average Bonchev–Trinajstić information content (AvgIpc) is 3.11. The number of amides is 2. The summed E-state index contributed by atoms with van der Waals surface area (Å²) < 4.78 is 0. The summed E-state index contributed by atoms with van der Waals surface area (Å²) in [7, 11) is 0. The van der Waals surface area contributed by atoms with Crippen LogP contribution in [0.4, 0.5) is 5.82 Å². The lowest BCUT2D eigenvalue weighted by atomic mass is 10.0. The Balaban J connectivity index is 1.31. The molecule has 0 fully saturated rings. The summed E-state index contributed by atoms with van der Waals surface area (Å²) >= 11 is 0. The van der Waals surface area contributed by atoms with Crippen LogP contribution in [0.15, 0.2) is 85.3 Å². The van der Waals surface area contributed by atoms with Crippen molar-refractivity contribution < 1.29 is 9.59 Å². The molecule has 3 aromatic rings. The number of anilines is 1. The Labute approximate surface area is 187 Å². The van der Waals surface area contributed by atoms with Crippen LogP contribution >= 0.6 is 0 Å². The second-order valence-corrected chi connectivity index (χ2v) is 7.46. The maximum absolute atomic E-state index is 12.7. The molecular weight excluding hydrogens is 400 g/mol. The van der Waals surface area contributed by atoms with Crippen LogP contribution in [0.1, 0.15) is 34.3 Å². The summed E-state index contributed by atoms with van der Waals surface area (Å²) in [5, 5.41) is 2.74. The van der Waals surface area contributed by atoms with Gasteiger partial charge in [0.05, 0.1) is 0 Å². The lowest BCUT2D eigenvalue weighted by Crippen LogP contribution is -2.30. The van der Waals surface area contributed by atoms with Crippen LogP contribution in [-0.4, -0.2) is 39.8 Å². The first kappa shape index (κ1) is 21.2. The van der Waals surface area contributed by atoms with Crippen molar-refractivity contribution in [2.75, 3.05) is 18.4 Å². The molecule has 0 saturated heterocycles. The van der Waals surface area contributed by atoms with Gasteiger partial charge in [-0.25, -0.2) is 4.98 Å². The zero-order valence-electron chi connectivity index (χ0n) is 17.6. The van der Waals surface area contributed by atoms with Crippen molar-refractivity contribution in [3.05, 3.63) is 102 Å². The number of pyridine rings is 2. The van der Waals surface area contributed by atoms with Gasteiger partial charge in [-0.1, -0.05) is 36.4 Å². The number of carbonyl (C=O) groups is 2. The van der Waals surface area contributed by atoms with Gasteiger partial charge in [0.15, 0.2) is 0 Å². The van der Waals surface area contributed by atoms with E-state index >= 15 is 0 Å². The number of nitrogens with one attached hydrogen (secondary N) is 1. The molecule has 0 atom stereocenters. The smallest absolute Gasteiger partial charge is 0.256 e. The molecule has 0 saturated carbocycles.